The number of fused-ring (bicyclic) bond motifs is 3. The number of benzene rings is 4. The quantitative estimate of drug-likeness (QED) is 0.129. The van der Waals surface area contributed by atoms with E-state index in [4.69, 9.17) is 28.4 Å². The van der Waals surface area contributed by atoms with Crippen molar-refractivity contribution >= 4 is 11.9 Å². The Morgan fingerprint density at radius 3 is 1.37 bits per heavy atom. The smallest absolute Gasteiger partial charge is 0.343 e. The maximum absolute atomic E-state index is 12.9. The molecule has 0 N–H and O–H groups in total. The second kappa shape index (κ2) is 10.9. The Balaban J connectivity index is 1.02. The predicted molar refractivity (Wildman–Crippen MR) is 157 cm³/mol. The fourth-order valence-corrected chi connectivity index (χ4v) is 5.24. The van der Waals surface area contributed by atoms with E-state index in [9.17, 15) is 9.59 Å². The van der Waals surface area contributed by atoms with Gasteiger partial charge in [-0.05, 0) is 95.1 Å². The molecule has 43 heavy (non-hydrogen) atoms. The van der Waals surface area contributed by atoms with E-state index < -0.39 is 17.4 Å². The summed E-state index contributed by atoms with van der Waals surface area (Å²) in [4.78, 5) is 25.8. The largest absolute Gasteiger partial charge is 0.491 e. The molecule has 8 nitrogen and oxygen atoms in total. The molecule has 0 saturated carbocycles. The van der Waals surface area contributed by atoms with Crippen LogP contribution in [-0.2, 0) is 14.9 Å². The van der Waals surface area contributed by atoms with Crippen molar-refractivity contribution in [3.8, 4) is 34.1 Å². The Bertz CT molecular complexity index is 1560. The minimum Gasteiger partial charge on any atom is -0.491 e. The Hall–Kier alpha value is -4.66. The van der Waals surface area contributed by atoms with Crippen molar-refractivity contribution in [3.63, 3.8) is 0 Å². The fraction of sp³-hybridized carbons (Fsp3) is 0.257. The molecule has 0 radical (unpaired) electrons. The highest BCUT2D eigenvalue weighted by molar-refractivity contribution is 5.92. The molecule has 4 aromatic rings. The van der Waals surface area contributed by atoms with Crippen LogP contribution in [0.1, 0.15) is 45.7 Å². The lowest BCUT2D eigenvalue weighted by Gasteiger charge is -2.22. The van der Waals surface area contributed by atoms with Gasteiger partial charge in [-0.3, -0.25) is 0 Å². The van der Waals surface area contributed by atoms with E-state index in [0.29, 0.717) is 47.3 Å². The van der Waals surface area contributed by atoms with Gasteiger partial charge in [-0.25, -0.2) is 9.59 Å². The summed E-state index contributed by atoms with van der Waals surface area (Å²) in [5, 5.41) is 0. The van der Waals surface area contributed by atoms with E-state index in [2.05, 4.69) is 13.8 Å². The molecule has 2 saturated heterocycles. The van der Waals surface area contributed by atoms with Crippen molar-refractivity contribution in [2.45, 2.75) is 31.5 Å². The summed E-state index contributed by atoms with van der Waals surface area (Å²) in [5.41, 5.74) is 4.59. The van der Waals surface area contributed by atoms with Crippen LogP contribution in [0.25, 0.3) is 11.1 Å². The molecule has 4 aromatic carbocycles. The topological polar surface area (TPSA) is 96.1 Å². The molecule has 2 aliphatic heterocycles. The molecule has 8 heteroatoms. The van der Waals surface area contributed by atoms with Gasteiger partial charge in [0.05, 0.1) is 24.3 Å². The predicted octanol–water partition coefficient (Wildman–Crippen LogP) is 5.99. The van der Waals surface area contributed by atoms with Gasteiger partial charge in [0.1, 0.15) is 48.4 Å². The van der Waals surface area contributed by atoms with Crippen LogP contribution >= 0.6 is 0 Å². The lowest BCUT2D eigenvalue weighted by Crippen LogP contribution is -2.16. The zero-order valence-electron chi connectivity index (χ0n) is 23.8. The molecule has 218 valence electrons. The normalized spacial score (nSPS) is 18.7. The summed E-state index contributed by atoms with van der Waals surface area (Å²) in [6, 6.07) is 25.1. The van der Waals surface area contributed by atoms with E-state index in [1.54, 1.807) is 60.7 Å². The molecule has 3 aliphatic rings. The summed E-state index contributed by atoms with van der Waals surface area (Å²) < 4.78 is 33.1. The van der Waals surface area contributed by atoms with Crippen molar-refractivity contribution in [2.75, 3.05) is 26.4 Å². The highest BCUT2D eigenvalue weighted by atomic mass is 16.6. The summed E-state index contributed by atoms with van der Waals surface area (Å²) >= 11 is 0. The number of hydrogen-bond acceptors (Lipinski definition) is 8. The van der Waals surface area contributed by atoms with Crippen LogP contribution < -0.4 is 18.9 Å². The molecule has 0 amide bonds. The SMILES string of the molecule is CC1(C)c2cc(OC(=O)c3ccc(OCC4CO4)cc3)ccc2-c2ccc(OC(=O)c3ccc(OCC4CO4)cc3)cc21. The first-order valence-corrected chi connectivity index (χ1v) is 14.3. The fourth-order valence-electron chi connectivity index (χ4n) is 5.24. The van der Waals surface area contributed by atoms with Gasteiger partial charge in [-0.1, -0.05) is 26.0 Å². The first kappa shape index (κ1) is 27.2. The van der Waals surface area contributed by atoms with E-state index in [0.717, 1.165) is 35.5 Å². The second-order valence-corrected chi connectivity index (χ2v) is 11.4. The van der Waals surface area contributed by atoms with Crippen molar-refractivity contribution in [1.29, 1.82) is 0 Å². The van der Waals surface area contributed by atoms with Gasteiger partial charge in [-0.2, -0.15) is 0 Å². The first-order chi connectivity index (χ1) is 20.8. The minimum absolute atomic E-state index is 0.165. The Labute approximate surface area is 249 Å². The molecule has 2 heterocycles. The van der Waals surface area contributed by atoms with E-state index >= 15 is 0 Å². The highest BCUT2D eigenvalue weighted by Gasteiger charge is 2.36. The van der Waals surface area contributed by atoms with Crippen molar-refractivity contribution in [3.05, 3.63) is 107 Å². The summed E-state index contributed by atoms with van der Waals surface area (Å²) in [7, 11) is 0. The van der Waals surface area contributed by atoms with E-state index in [-0.39, 0.29) is 12.2 Å². The Kier molecular flexibility index (Phi) is 6.88. The van der Waals surface area contributed by atoms with Crippen LogP contribution in [0.3, 0.4) is 0 Å². The zero-order valence-corrected chi connectivity index (χ0v) is 23.8. The first-order valence-electron chi connectivity index (χ1n) is 14.3. The number of ether oxygens (including phenoxy) is 6. The van der Waals surface area contributed by atoms with Crippen LogP contribution in [0.2, 0.25) is 0 Å². The number of carbonyl (C=O) groups excluding carboxylic acids is 2. The third-order valence-electron chi connectivity index (χ3n) is 7.90. The third kappa shape index (κ3) is 5.84. The molecule has 2 unspecified atom stereocenters. The van der Waals surface area contributed by atoms with Gasteiger partial charge in [0.15, 0.2) is 0 Å². The molecule has 0 bridgehead atoms. The molecular formula is C35H30O8. The van der Waals surface area contributed by atoms with Crippen molar-refractivity contribution < 1.29 is 38.0 Å². The second-order valence-electron chi connectivity index (χ2n) is 11.4. The number of esters is 2. The maximum atomic E-state index is 12.9. The monoisotopic (exact) mass is 578 g/mol. The van der Waals surface area contributed by atoms with Gasteiger partial charge in [0, 0.05) is 5.41 Å². The standard InChI is InChI=1S/C35H30O8/c1-35(2)31-15-25(42-33(36)21-3-7-23(8-4-21)38-17-27-19-40-27)11-13-29(31)30-14-12-26(16-32(30)35)43-34(37)22-5-9-24(10-6-22)39-18-28-20-41-28/h3-16,27-28H,17-20H2,1-2H3. The zero-order chi connectivity index (χ0) is 29.6. The minimum atomic E-state index is -0.448. The van der Waals surface area contributed by atoms with Crippen molar-refractivity contribution in [2.24, 2.45) is 0 Å². The van der Waals surface area contributed by atoms with Gasteiger partial charge in [-0.15, -0.1) is 0 Å². The van der Waals surface area contributed by atoms with Crippen LogP contribution in [0.15, 0.2) is 84.9 Å². The average Bonchev–Trinajstić information content (AvgIpc) is 3.95. The van der Waals surface area contributed by atoms with E-state index in [1.165, 1.54) is 0 Å². The number of carbonyl (C=O) groups is 2. The molecule has 0 spiro atoms. The van der Waals surface area contributed by atoms with Gasteiger partial charge in [0.2, 0.25) is 0 Å². The lowest BCUT2D eigenvalue weighted by atomic mass is 9.82. The van der Waals surface area contributed by atoms with Crippen LogP contribution in [-0.4, -0.2) is 50.6 Å². The van der Waals surface area contributed by atoms with Crippen LogP contribution in [0.5, 0.6) is 23.0 Å². The molecular weight excluding hydrogens is 548 g/mol. The van der Waals surface area contributed by atoms with Crippen LogP contribution in [0, 0.1) is 0 Å². The number of epoxide rings is 2. The molecule has 0 aromatic heterocycles. The molecule has 1 aliphatic carbocycles. The number of rotatable bonds is 10. The summed E-state index contributed by atoms with van der Waals surface area (Å²) in [5.74, 6) is 1.37. The molecule has 7 rings (SSSR count). The summed E-state index contributed by atoms with van der Waals surface area (Å²) in [6.45, 7) is 6.66. The average molecular weight is 579 g/mol. The Morgan fingerprint density at radius 2 is 1.00 bits per heavy atom. The highest BCUT2D eigenvalue weighted by Crippen LogP contribution is 2.50. The molecule has 2 fully saturated rings. The van der Waals surface area contributed by atoms with Crippen LogP contribution in [0.4, 0.5) is 0 Å². The number of hydrogen-bond donors (Lipinski definition) is 0. The molecule has 2 atom stereocenters. The van der Waals surface area contributed by atoms with Crippen molar-refractivity contribution in [1.82, 2.24) is 0 Å². The lowest BCUT2D eigenvalue weighted by molar-refractivity contribution is 0.0725. The maximum Gasteiger partial charge on any atom is 0.343 e. The summed E-state index contributed by atoms with van der Waals surface area (Å²) in [6.07, 6.45) is 0.330. The van der Waals surface area contributed by atoms with Gasteiger partial charge < -0.3 is 28.4 Å². The van der Waals surface area contributed by atoms with Gasteiger partial charge in [0.25, 0.3) is 0 Å². The van der Waals surface area contributed by atoms with E-state index in [1.807, 2.05) is 24.3 Å². The third-order valence-corrected chi connectivity index (χ3v) is 7.90. The Morgan fingerprint density at radius 1 is 0.628 bits per heavy atom. The van der Waals surface area contributed by atoms with Gasteiger partial charge >= 0.3 is 11.9 Å².